The van der Waals surface area contributed by atoms with Crippen LogP contribution in [0.3, 0.4) is 0 Å². The summed E-state index contributed by atoms with van der Waals surface area (Å²) in [5, 5.41) is 3.57. The lowest BCUT2D eigenvalue weighted by Gasteiger charge is -2.28. The summed E-state index contributed by atoms with van der Waals surface area (Å²) in [6.07, 6.45) is 0.839. The molecule has 1 aliphatic rings. The second-order valence-corrected chi connectivity index (χ2v) is 11.1. The van der Waals surface area contributed by atoms with E-state index in [0.29, 0.717) is 17.2 Å². The van der Waals surface area contributed by atoms with Gasteiger partial charge in [0.05, 0.1) is 52.2 Å². The molecule has 0 N–H and O–H groups in total. The van der Waals surface area contributed by atoms with Crippen LogP contribution in [0.5, 0.6) is 5.75 Å². The predicted molar refractivity (Wildman–Crippen MR) is 155 cm³/mol. The third-order valence-electron chi connectivity index (χ3n) is 6.74. The number of aromatic nitrogens is 2. The number of carbonyl (C=O) groups excluding carboxylic acids is 1. The number of anilines is 1. The molecular formula is C29H28N4O3S2. The number of amides is 1. The Kier molecular flexibility index (Phi) is 7.33. The van der Waals surface area contributed by atoms with Crippen molar-refractivity contribution in [1.82, 2.24) is 14.9 Å². The number of methoxy groups -OCH3 is 1. The number of hydrogen-bond acceptors (Lipinski definition) is 8. The maximum absolute atomic E-state index is 14.4. The van der Waals surface area contributed by atoms with Crippen molar-refractivity contribution >= 4 is 54.8 Å². The van der Waals surface area contributed by atoms with Crippen molar-refractivity contribution in [1.29, 1.82) is 0 Å². The van der Waals surface area contributed by atoms with Crippen LogP contribution in [0, 0.1) is 0 Å². The van der Waals surface area contributed by atoms with Crippen molar-refractivity contribution < 1.29 is 14.3 Å². The molecule has 38 heavy (non-hydrogen) atoms. The number of para-hydroxylation sites is 1. The van der Waals surface area contributed by atoms with Gasteiger partial charge in [-0.3, -0.25) is 14.6 Å². The zero-order valence-corrected chi connectivity index (χ0v) is 22.8. The Balaban J connectivity index is 1.39. The highest BCUT2D eigenvalue weighted by Crippen LogP contribution is 2.34. The summed E-state index contributed by atoms with van der Waals surface area (Å²) in [5.74, 6) is 0.690. The van der Waals surface area contributed by atoms with Crippen LogP contribution >= 0.6 is 22.7 Å². The van der Waals surface area contributed by atoms with Gasteiger partial charge in [-0.2, -0.15) is 0 Å². The van der Waals surface area contributed by atoms with E-state index in [2.05, 4.69) is 4.90 Å². The van der Waals surface area contributed by atoms with E-state index in [4.69, 9.17) is 19.4 Å². The number of fused-ring (bicyclic) bond motifs is 2. The van der Waals surface area contributed by atoms with E-state index >= 15 is 0 Å². The molecule has 9 heteroatoms. The molecular weight excluding hydrogens is 516 g/mol. The number of rotatable bonds is 8. The largest absolute Gasteiger partial charge is 0.497 e. The first-order valence-electron chi connectivity index (χ1n) is 12.7. The van der Waals surface area contributed by atoms with Crippen molar-refractivity contribution in [3.05, 3.63) is 71.6 Å². The van der Waals surface area contributed by atoms with Gasteiger partial charge in [0, 0.05) is 37.6 Å². The summed E-state index contributed by atoms with van der Waals surface area (Å²) in [5.41, 5.74) is 3.09. The number of thiazole rings is 1. The van der Waals surface area contributed by atoms with E-state index in [1.807, 2.05) is 70.9 Å². The van der Waals surface area contributed by atoms with Crippen LogP contribution in [0.2, 0.25) is 0 Å². The molecule has 0 saturated carbocycles. The van der Waals surface area contributed by atoms with Gasteiger partial charge < -0.3 is 9.47 Å². The van der Waals surface area contributed by atoms with Crippen LogP contribution in [-0.4, -0.2) is 67.3 Å². The average Bonchev–Trinajstić information content (AvgIpc) is 3.65. The normalized spacial score (nSPS) is 14.2. The molecule has 0 bridgehead atoms. The minimum atomic E-state index is -0.0607. The number of pyridine rings is 1. The summed E-state index contributed by atoms with van der Waals surface area (Å²) >= 11 is 3.15. The molecule has 6 rings (SSSR count). The van der Waals surface area contributed by atoms with Crippen LogP contribution in [0.4, 0.5) is 5.13 Å². The lowest BCUT2D eigenvalue weighted by atomic mass is 10.1. The smallest absolute Gasteiger partial charge is 0.260 e. The van der Waals surface area contributed by atoms with Gasteiger partial charge in [-0.15, -0.1) is 11.3 Å². The van der Waals surface area contributed by atoms with E-state index in [1.165, 1.54) is 11.3 Å². The monoisotopic (exact) mass is 544 g/mol. The molecule has 4 heterocycles. The third-order valence-corrected chi connectivity index (χ3v) is 8.69. The van der Waals surface area contributed by atoms with Crippen LogP contribution in [0.1, 0.15) is 16.8 Å². The Morgan fingerprint density at radius 3 is 2.74 bits per heavy atom. The molecule has 1 fully saturated rings. The van der Waals surface area contributed by atoms with Gasteiger partial charge in [-0.25, -0.2) is 9.97 Å². The SMILES string of the molecule is COc1ccc2sc(N(CCCN3CCOCC3)C(=O)c3cc(-c4cccs4)nc4ccccc34)nc2c1. The van der Waals surface area contributed by atoms with E-state index in [9.17, 15) is 4.79 Å². The molecule has 2 aromatic carbocycles. The van der Waals surface area contributed by atoms with Gasteiger partial charge in [-0.1, -0.05) is 35.6 Å². The quantitative estimate of drug-likeness (QED) is 0.241. The molecule has 0 radical (unpaired) electrons. The van der Waals surface area contributed by atoms with Crippen molar-refractivity contribution in [2.45, 2.75) is 6.42 Å². The summed E-state index contributed by atoms with van der Waals surface area (Å²) < 4.78 is 11.9. The van der Waals surface area contributed by atoms with E-state index < -0.39 is 0 Å². The topological polar surface area (TPSA) is 67.8 Å². The molecule has 3 aromatic heterocycles. The Morgan fingerprint density at radius 2 is 1.92 bits per heavy atom. The zero-order valence-electron chi connectivity index (χ0n) is 21.1. The molecule has 1 aliphatic heterocycles. The average molecular weight is 545 g/mol. The first-order chi connectivity index (χ1) is 18.7. The highest BCUT2D eigenvalue weighted by Gasteiger charge is 2.25. The molecule has 1 saturated heterocycles. The summed E-state index contributed by atoms with van der Waals surface area (Å²) in [6.45, 7) is 4.84. The minimum Gasteiger partial charge on any atom is -0.497 e. The first kappa shape index (κ1) is 24.9. The maximum Gasteiger partial charge on any atom is 0.260 e. The van der Waals surface area contributed by atoms with E-state index in [-0.39, 0.29) is 5.91 Å². The van der Waals surface area contributed by atoms with E-state index in [1.54, 1.807) is 18.4 Å². The van der Waals surface area contributed by atoms with Crippen molar-refractivity contribution in [3.63, 3.8) is 0 Å². The Morgan fingerprint density at radius 1 is 1.05 bits per heavy atom. The molecule has 5 aromatic rings. The van der Waals surface area contributed by atoms with Gasteiger partial charge in [-0.05, 0) is 42.1 Å². The van der Waals surface area contributed by atoms with Gasteiger partial charge >= 0.3 is 0 Å². The highest BCUT2D eigenvalue weighted by atomic mass is 32.1. The number of thiophene rings is 1. The first-order valence-corrected chi connectivity index (χ1v) is 14.4. The van der Waals surface area contributed by atoms with Crippen LogP contribution in [0.25, 0.3) is 31.7 Å². The predicted octanol–water partition coefficient (Wildman–Crippen LogP) is 5.95. The Labute approximate surface area is 229 Å². The van der Waals surface area contributed by atoms with Gasteiger partial charge in [0.25, 0.3) is 5.91 Å². The zero-order chi connectivity index (χ0) is 25.9. The number of ether oxygens (including phenoxy) is 2. The van der Waals surface area contributed by atoms with Crippen molar-refractivity contribution in [3.8, 4) is 16.3 Å². The Hall–Kier alpha value is -3.37. The third kappa shape index (κ3) is 5.15. The molecule has 7 nitrogen and oxygen atoms in total. The lowest BCUT2D eigenvalue weighted by Crippen LogP contribution is -2.39. The fraction of sp³-hybridized carbons (Fsp3) is 0.276. The van der Waals surface area contributed by atoms with E-state index in [0.717, 1.165) is 76.7 Å². The molecule has 0 spiro atoms. The standard InChI is InChI=1S/C29H28N4O3S2/c1-35-20-9-10-27-24(18-20)31-29(38-27)33(12-5-11-32-13-15-36-16-14-32)28(34)22-19-25(26-8-4-17-37-26)30-23-7-3-2-6-21(22)23/h2-4,6-10,17-19H,5,11-16H2,1H3. The number of benzene rings is 2. The molecule has 0 aliphatic carbocycles. The van der Waals surface area contributed by atoms with Crippen molar-refractivity contribution in [2.75, 3.05) is 51.4 Å². The van der Waals surface area contributed by atoms with Gasteiger partial charge in [0.15, 0.2) is 5.13 Å². The summed E-state index contributed by atoms with van der Waals surface area (Å²) in [7, 11) is 1.65. The Bertz CT molecular complexity index is 1560. The fourth-order valence-corrected chi connectivity index (χ4v) is 6.40. The molecule has 194 valence electrons. The number of nitrogens with zero attached hydrogens (tertiary/aromatic N) is 4. The van der Waals surface area contributed by atoms with Gasteiger partial charge in [0.2, 0.25) is 0 Å². The van der Waals surface area contributed by atoms with Crippen molar-refractivity contribution in [2.24, 2.45) is 0 Å². The molecule has 0 unspecified atom stereocenters. The molecule has 0 atom stereocenters. The number of hydrogen-bond donors (Lipinski definition) is 0. The highest BCUT2D eigenvalue weighted by molar-refractivity contribution is 7.22. The maximum atomic E-state index is 14.4. The van der Waals surface area contributed by atoms with Crippen LogP contribution in [0.15, 0.2) is 66.0 Å². The second kappa shape index (κ2) is 11.2. The fourth-order valence-electron chi connectivity index (χ4n) is 4.75. The molecule has 1 amide bonds. The summed E-state index contributed by atoms with van der Waals surface area (Å²) in [4.78, 5) is 29.4. The number of carbonyl (C=O) groups is 1. The number of morpholine rings is 1. The second-order valence-electron chi connectivity index (χ2n) is 9.14. The summed E-state index contributed by atoms with van der Waals surface area (Å²) in [6, 6.07) is 19.7. The van der Waals surface area contributed by atoms with Crippen LogP contribution < -0.4 is 9.64 Å². The van der Waals surface area contributed by atoms with Crippen LogP contribution in [-0.2, 0) is 4.74 Å². The lowest BCUT2D eigenvalue weighted by molar-refractivity contribution is 0.0376. The van der Waals surface area contributed by atoms with Gasteiger partial charge in [0.1, 0.15) is 5.75 Å². The minimum absolute atomic E-state index is 0.0607.